The monoisotopic (exact) mass is 354 g/mol. The Labute approximate surface area is 151 Å². The second-order valence-corrected chi connectivity index (χ2v) is 6.41. The van der Waals surface area contributed by atoms with Gasteiger partial charge < -0.3 is 9.84 Å². The van der Waals surface area contributed by atoms with Crippen LogP contribution in [0, 0.1) is 6.92 Å². The number of carbonyl (C=O) groups is 1. The molecule has 3 rings (SSSR count). The summed E-state index contributed by atoms with van der Waals surface area (Å²) in [6.07, 6.45) is 0.748. The van der Waals surface area contributed by atoms with Gasteiger partial charge in [0.15, 0.2) is 0 Å². The first-order valence-corrected chi connectivity index (χ1v) is 8.50. The van der Waals surface area contributed by atoms with Crippen molar-refractivity contribution in [1.82, 2.24) is 10.5 Å². The molecule has 3 aromatic rings. The molecule has 0 radical (unpaired) electrons. The fourth-order valence-electron chi connectivity index (χ4n) is 2.79. The summed E-state index contributed by atoms with van der Waals surface area (Å²) in [5.41, 5.74) is 2.74. The number of aryl methyl sites for hydroxylation is 1. The third-order valence-corrected chi connectivity index (χ3v) is 4.31. The first-order valence-electron chi connectivity index (χ1n) is 8.12. The van der Waals surface area contributed by atoms with Crippen molar-refractivity contribution in [3.05, 3.63) is 76.5 Å². The standard InChI is InChI=1S/C20H19ClN2O2/c1-13(12-15-8-4-3-5-9-15)22-20(24)18-14(2)25-23-19(18)16-10-6-7-11-17(16)21/h3-11,13H,12H2,1-2H3,(H,22,24)/t13-/m1/s1. The van der Waals surface area contributed by atoms with Crippen LogP contribution in [-0.2, 0) is 6.42 Å². The quantitative estimate of drug-likeness (QED) is 0.724. The normalized spacial score (nSPS) is 12.0. The number of hydrogen-bond donors (Lipinski definition) is 1. The highest BCUT2D eigenvalue weighted by molar-refractivity contribution is 6.33. The molecule has 2 aromatic carbocycles. The summed E-state index contributed by atoms with van der Waals surface area (Å²) in [7, 11) is 0. The van der Waals surface area contributed by atoms with Crippen LogP contribution in [0.5, 0.6) is 0 Å². The molecule has 1 aromatic heterocycles. The van der Waals surface area contributed by atoms with Gasteiger partial charge in [-0.25, -0.2) is 0 Å². The highest BCUT2D eigenvalue weighted by Gasteiger charge is 2.23. The summed E-state index contributed by atoms with van der Waals surface area (Å²) in [5, 5.41) is 7.59. The van der Waals surface area contributed by atoms with Gasteiger partial charge in [-0.1, -0.05) is 65.3 Å². The molecule has 1 N–H and O–H groups in total. The molecule has 0 saturated heterocycles. The fraction of sp³-hybridized carbons (Fsp3) is 0.200. The Morgan fingerprint density at radius 3 is 2.56 bits per heavy atom. The summed E-state index contributed by atoms with van der Waals surface area (Å²) in [6, 6.07) is 17.3. The van der Waals surface area contributed by atoms with Gasteiger partial charge in [0.1, 0.15) is 17.0 Å². The third-order valence-electron chi connectivity index (χ3n) is 3.98. The van der Waals surface area contributed by atoms with E-state index in [4.69, 9.17) is 16.1 Å². The molecule has 25 heavy (non-hydrogen) atoms. The van der Waals surface area contributed by atoms with Crippen molar-refractivity contribution in [3.8, 4) is 11.3 Å². The van der Waals surface area contributed by atoms with Crippen LogP contribution in [-0.4, -0.2) is 17.1 Å². The average Bonchev–Trinajstić information content (AvgIpc) is 2.97. The maximum atomic E-state index is 12.8. The van der Waals surface area contributed by atoms with Crippen LogP contribution >= 0.6 is 11.6 Å². The van der Waals surface area contributed by atoms with Crippen molar-refractivity contribution in [3.63, 3.8) is 0 Å². The van der Waals surface area contributed by atoms with Crippen molar-refractivity contribution >= 4 is 17.5 Å². The minimum atomic E-state index is -0.211. The summed E-state index contributed by atoms with van der Waals surface area (Å²) in [6.45, 7) is 3.70. The molecule has 0 bridgehead atoms. The van der Waals surface area contributed by atoms with E-state index < -0.39 is 0 Å². The van der Waals surface area contributed by atoms with Crippen LogP contribution in [0.3, 0.4) is 0 Å². The highest BCUT2D eigenvalue weighted by atomic mass is 35.5. The van der Waals surface area contributed by atoms with Crippen molar-refractivity contribution < 1.29 is 9.32 Å². The Bertz CT molecular complexity index is 874. The number of hydrogen-bond acceptors (Lipinski definition) is 3. The zero-order valence-corrected chi connectivity index (χ0v) is 14.9. The molecule has 128 valence electrons. The van der Waals surface area contributed by atoms with E-state index in [1.807, 2.05) is 55.5 Å². The molecule has 5 heteroatoms. The number of halogens is 1. The van der Waals surface area contributed by atoms with Gasteiger partial charge in [-0.05, 0) is 31.9 Å². The van der Waals surface area contributed by atoms with Crippen molar-refractivity contribution in [2.75, 3.05) is 0 Å². The Morgan fingerprint density at radius 2 is 1.84 bits per heavy atom. The molecule has 0 fully saturated rings. The summed E-state index contributed by atoms with van der Waals surface area (Å²) >= 11 is 6.24. The van der Waals surface area contributed by atoms with Gasteiger partial charge in [0, 0.05) is 11.6 Å². The molecule has 0 unspecified atom stereocenters. The lowest BCUT2D eigenvalue weighted by Gasteiger charge is -2.14. The van der Waals surface area contributed by atoms with E-state index in [0.717, 1.165) is 6.42 Å². The van der Waals surface area contributed by atoms with E-state index in [0.29, 0.717) is 27.6 Å². The van der Waals surface area contributed by atoms with Crippen molar-refractivity contribution in [1.29, 1.82) is 0 Å². The number of nitrogens with zero attached hydrogens (tertiary/aromatic N) is 1. The van der Waals surface area contributed by atoms with Gasteiger partial charge >= 0.3 is 0 Å². The lowest BCUT2D eigenvalue weighted by Crippen LogP contribution is -2.34. The second-order valence-electron chi connectivity index (χ2n) is 6.01. The topological polar surface area (TPSA) is 55.1 Å². The lowest BCUT2D eigenvalue weighted by molar-refractivity contribution is 0.0939. The first-order chi connectivity index (χ1) is 12.1. The zero-order valence-electron chi connectivity index (χ0n) is 14.1. The molecule has 1 atom stereocenters. The molecular formula is C20H19ClN2O2. The molecule has 1 amide bonds. The number of amides is 1. The first kappa shape index (κ1) is 17.2. The Morgan fingerprint density at radius 1 is 1.16 bits per heavy atom. The van der Waals surface area contributed by atoms with Gasteiger partial charge in [0.25, 0.3) is 5.91 Å². The highest BCUT2D eigenvalue weighted by Crippen LogP contribution is 2.30. The minimum Gasteiger partial charge on any atom is -0.360 e. The lowest BCUT2D eigenvalue weighted by atomic mass is 10.0. The predicted molar refractivity (Wildman–Crippen MR) is 98.8 cm³/mol. The molecule has 0 spiro atoms. The van der Waals surface area contributed by atoms with Gasteiger partial charge in [0.2, 0.25) is 0 Å². The Hall–Kier alpha value is -2.59. The molecule has 0 aliphatic rings. The third kappa shape index (κ3) is 3.91. The molecule has 0 saturated carbocycles. The van der Waals surface area contributed by atoms with E-state index in [1.165, 1.54) is 5.56 Å². The average molecular weight is 355 g/mol. The largest absolute Gasteiger partial charge is 0.360 e. The van der Waals surface area contributed by atoms with Gasteiger partial charge in [0.05, 0.1) is 5.02 Å². The van der Waals surface area contributed by atoms with Crippen molar-refractivity contribution in [2.45, 2.75) is 26.3 Å². The smallest absolute Gasteiger partial charge is 0.257 e. The molecular weight excluding hydrogens is 336 g/mol. The number of aromatic nitrogens is 1. The molecule has 4 nitrogen and oxygen atoms in total. The number of carbonyl (C=O) groups excluding carboxylic acids is 1. The van der Waals surface area contributed by atoms with E-state index in [-0.39, 0.29) is 11.9 Å². The number of nitrogens with one attached hydrogen (secondary N) is 1. The van der Waals surface area contributed by atoms with Crippen LogP contribution in [0.4, 0.5) is 0 Å². The van der Waals surface area contributed by atoms with Gasteiger partial charge in [-0.15, -0.1) is 0 Å². The second kappa shape index (κ2) is 7.53. The van der Waals surface area contributed by atoms with Gasteiger partial charge in [-0.3, -0.25) is 4.79 Å². The zero-order chi connectivity index (χ0) is 17.8. The van der Waals surface area contributed by atoms with Crippen molar-refractivity contribution in [2.24, 2.45) is 0 Å². The van der Waals surface area contributed by atoms with E-state index in [9.17, 15) is 4.79 Å². The Balaban J connectivity index is 1.81. The molecule has 1 heterocycles. The van der Waals surface area contributed by atoms with E-state index in [1.54, 1.807) is 13.0 Å². The molecule has 0 aliphatic heterocycles. The summed E-state index contributed by atoms with van der Waals surface area (Å²) in [5.74, 6) is 0.261. The van der Waals surface area contributed by atoms with E-state index in [2.05, 4.69) is 10.5 Å². The number of benzene rings is 2. The SMILES string of the molecule is Cc1onc(-c2ccccc2Cl)c1C(=O)N[C@H](C)Cc1ccccc1. The fourth-order valence-corrected chi connectivity index (χ4v) is 3.02. The van der Waals surface area contributed by atoms with Crippen LogP contribution in [0.15, 0.2) is 59.1 Å². The van der Waals surface area contributed by atoms with Crippen LogP contribution in [0.2, 0.25) is 5.02 Å². The minimum absolute atomic E-state index is 0.0247. The number of rotatable bonds is 5. The van der Waals surface area contributed by atoms with E-state index >= 15 is 0 Å². The predicted octanol–water partition coefficient (Wildman–Crippen LogP) is 4.66. The van der Waals surface area contributed by atoms with Crippen LogP contribution < -0.4 is 5.32 Å². The molecule has 0 aliphatic carbocycles. The van der Waals surface area contributed by atoms with Crippen LogP contribution in [0.25, 0.3) is 11.3 Å². The van der Waals surface area contributed by atoms with Gasteiger partial charge in [-0.2, -0.15) is 0 Å². The maximum absolute atomic E-state index is 12.8. The summed E-state index contributed by atoms with van der Waals surface area (Å²) < 4.78 is 5.26. The summed E-state index contributed by atoms with van der Waals surface area (Å²) in [4.78, 5) is 12.8. The van der Waals surface area contributed by atoms with Crippen LogP contribution in [0.1, 0.15) is 28.6 Å². The maximum Gasteiger partial charge on any atom is 0.257 e. The Kier molecular flexibility index (Phi) is 5.19.